The van der Waals surface area contributed by atoms with E-state index in [2.05, 4.69) is 42.7 Å². The van der Waals surface area contributed by atoms with Crippen LogP contribution in [0.15, 0.2) is 53.0 Å². The highest BCUT2D eigenvalue weighted by Gasteiger charge is 2.22. The molecule has 0 aliphatic carbocycles. The molecule has 0 atom stereocenters. The highest BCUT2D eigenvalue weighted by Crippen LogP contribution is 2.35. The molecule has 2 aromatic rings. The summed E-state index contributed by atoms with van der Waals surface area (Å²) in [6.07, 6.45) is 1.83. The van der Waals surface area contributed by atoms with Crippen LogP contribution in [0.4, 0.5) is 5.69 Å². The van der Waals surface area contributed by atoms with Crippen molar-refractivity contribution in [2.24, 2.45) is 10.4 Å². The maximum absolute atomic E-state index is 9.27. The topological polar surface area (TPSA) is 62.2 Å². The molecule has 0 fully saturated rings. The van der Waals surface area contributed by atoms with Crippen LogP contribution < -0.4 is 5.73 Å². The first-order valence-electron chi connectivity index (χ1n) is 7.53. The lowest BCUT2D eigenvalue weighted by Gasteiger charge is -2.15. The van der Waals surface area contributed by atoms with Crippen LogP contribution in [0.1, 0.15) is 25.0 Å². The molecule has 0 aliphatic rings. The first-order valence-corrected chi connectivity index (χ1v) is 8.41. The summed E-state index contributed by atoms with van der Waals surface area (Å²) in [5.74, 6) is 0. The van der Waals surface area contributed by atoms with Gasteiger partial charge >= 0.3 is 0 Å². The monoisotopic (exact) mass is 335 g/mol. The zero-order valence-electron chi connectivity index (χ0n) is 14.3. The minimum Gasteiger partial charge on any atom is -0.399 e. The van der Waals surface area contributed by atoms with Crippen LogP contribution >= 0.6 is 11.3 Å². The number of hydrogen-bond acceptors (Lipinski definition) is 4. The Labute approximate surface area is 147 Å². The molecule has 4 heteroatoms. The molecular weight excluding hydrogens is 314 g/mol. The van der Waals surface area contributed by atoms with Gasteiger partial charge in [-0.3, -0.25) is 4.99 Å². The number of allylic oxidation sites excluding steroid dienone is 3. The Kier molecular flexibility index (Phi) is 5.06. The van der Waals surface area contributed by atoms with Crippen molar-refractivity contribution in [3.05, 3.63) is 59.1 Å². The first kappa shape index (κ1) is 17.7. The van der Waals surface area contributed by atoms with Gasteiger partial charge in [0.05, 0.1) is 17.2 Å². The van der Waals surface area contributed by atoms with Gasteiger partial charge in [0.1, 0.15) is 0 Å². The standard InChI is InChI=1S/C20H21N3S/c1-13(9-19(23-5)20(3,4)12-21)15-10-18(24-11-15)17-7-6-16(22)8-14(17)2/h6-11H,1,5,22H2,2-4H3/b19-9-. The number of anilines is 1. The highest BCUT2D eigenvalue weighted by atomic mass is 32.1. The van der Waals surface area contributed by atoms with E-state index in [1.165, 1.54) is 0 Å². The second-order valence-electron chi connectivity index (χ2n) is 6.22. The smallest absolute Gasteiger partial charge is 0.0937 e. The largest absolute Gasteiger partial charge is 0.399 e. The Morgan fingerprint density at radius 3 is 2.67 bits per heavy atom. The van der Waals surface area contributed by atoms with E-state index in [-0.39, 0.29) is 0 Å². The molecule has 0 spiro atoms. The van der Waals surface area contributed by atoms with E-state index >= 15 is 0 Å². The normalized spacial score (nSPS) is 11.8. The third-order valence-electron chi connectivity index (χ3n) is 3.89. The fourth-order valence-corrected chi connectivity index (χ4v) is 3.36. The van der Waals surface area contributed by atoms with Crippen molar-refractivity contribution in [1.82, 2.24) is 0 Å². The van der Waals surface area contributed by atoms with E-state index in [4.69, 9.17) is 5.73 Å². The van der Waals surface area contributed by atoms with E-state index in [0.717, 1.165) is 32.8 Å². The predicted molar refractivity (Wildman–Crippen MR) is 105 cm³/mol. The van der Waals surface area contributed by atoms with Crippen molar-refractivity contribution in [2.75, 3.05) is 5.73 Å². The first-order chi connectivity index (χ1) is 11.3. The fourth-order valence-electron chi connectivity index (χ4n) is 2.34. The van der Waals surface area contributed by atoms with Gasteiger partial charge in [0, 0.05) is 10.6 Å². The summed E-state index contributed by atoms with van der Waals surface area (Å²) < 4.78 is 0. The summed E-state index contributed by atoms with van der Waals surface area (Å²) in [4.78, 5) is 5.16. The molecule has 2 rings (SSSR count). The van der Waals surface area contributed by atoms with Crippen LogP contribution in [0.25, 0.3) is 16.0 Å². The summed E-state index contributed by atoms with van der Waals surface area (Å²) in [5, 5.41) is 11.3. The van der Waals surface area contributed by atoms with E-state index in [1.54, 1.807) is 11.3 Å². The van der Waals surface area contributed by atoms with E-state index < -0.39 is 5.41 Å². The van der Waals surface area contributed by atoms with Gasteiger partial charge < -0.3 is 5.73 Å². The summed E-state index contributed by atoms with van der Waals surface area (Å²) in [6, 6.07) is 10.3. The fraction of sp³-hybridized carbons (Fsp3) is 0.200. The van der Waals surface area contributed by atoms with Crippen molar-refractivity contribution < 1.29 is 0 Å². The van der Waals surface area contributed by atoms with Gasteiger partial charge in [-0.25, -0.2) is 0 Å². The zero-order valence-corrected chi connectivity index (χ0v) is 15.1. The average molecular weight is 335 g/mol. The van der Waals surface area contributed by atoms with Crippen molar-refractivity contribution in [3.63, 3.8) is 0 Å². The van der Waals surface area contributed by atoms with Crippen molar-refractivity contribution in [2.45, 2.75) is 20.8 Å². The Balaban J connectivity index is 2.35. The maximum Gasteiger partial charge on any atom is 0.0937 e. The Morgan fingerprint density at radius 1 is 1.38 bits per heavy atom. The highest BCUT2D eigenvalue weighted by molar-refractivity contribution is 7.13. The SMILES string of the molecule is C=N/C(=C\C(=C)c1csc(-c2ccc(N)cc2C)c1)C(C)(C)C#N. The number of rotatable bonds is 5. The molecule has 0 saturated carbocycles. The quantitative estimate of drug-likeness (QED) is 0.448. The van der Waals surface area contributed by atoms with Gasteiger partial charge in [-0.1, -0.05) is 12.6 Å². The predicted octanol–water partition coefficient (Wildman–Crippen LogP) is 5.45. The molecule has 0 saturated heterocycles. The van der Waals surface area contributed by atoms with Crippen LogP contribution in [0.5, 0.6) is 0 Å². The minimum atomic E-state index is -0.697. The van der Waals surface area contributed by atoms with Gasteiger partial charge in [-0.2, -0.15) is 5.26 Å². The third kappa shape index (κ3) is 3.64. The summed E-state index contributed by atoms with van der Waals surface area (Å²) >= 11 is 1.66. The number of benzene rings is 1. The summed E-state index contributed by atoms with van der Waals surface area (Å²) in [5.41, 5.74) is 10.6. The maximum atomic E-state index is 9.27. The number of nitrogen functional groups attached to an aromatic ring is 1. The number of aryl methyl sites for hydroxylation is 1. The van der Waals surface area contributed by atoms with Gasteiger partial charge in [-0.15, -0.1) is 11.3 Å². The number of hydrogen-bond donors (Lipinski definition) is 1. The molecule has 3 nitrogen and oxygen atoms in total. The van der Waals surface area contributed by atoms with Crippen molar-refractivity contribution >= 4 is 29.3 Å². The lowest BCUT2D eigenvalue weighted by molar-refractivity contribution is 0.591. The van der Waals surface area contributed by atoms with Crippen LogP contribution in [0.2, 0.25) is 0 Å². The third-order valence-corrected chi connectivity index (χ3v) is 4.85. The van der Waals surface area contributed by atoms with Gasteiger partial charge in [0.15, 0.2) is 0 Å². The Hall–Kier alpha value is -2.64. The summed E-state index contributed by atoms with van der Waals surface area (Å²) in [7, 11) is 0. The molecule has 2 N–H and O–H groups in total. The molecular formula is C20H21N3S. The molecule has 1 aromatic heterocycles. The number of nitrogens with zero attached hydrogens (tertiary/aromatic N) is 2. The number of nitriles is 1. The molecule has 24 heavy (non-hydrogen) atoms. The van der Waals surface area contributed by atoms with E-state index in [0.29, 0.717) is 5.70 Å². The van der Waals surface area contributed by atoms with Gasteiger partial charge in [-0.05, 0) is 79.4 Å². The van der Waals surface area contributed by atoms with Gasteiger partial charge in [0.2, 0.25) is 0 Å². The van der Waals surface area contributed by atoms with E-state index in [1.807, 2.05) is 38.1 Å². The lowest BCUT2D eigenvalue weighted by atomic mass is 9.89. The second kappa shape index (κ2) is 6.86. The molecule has 0 bridgehead atoms. The second-order valence-corrected chi connectivity index (χ2v) is 7.13. The summed E-state index contributed by atoms with van der Waals surface area (Å²) in [6.45, 7) is 13.4. The Bertz CT molecular complexity index is 863. The number of aliphatic imine (C=N–C) groups is 1. The number of nitrogens with two attached hydrogens (primary N) is 1. The molecule has 122 valence electrons. The van der Waals surface area contributed by atoms with Crippen molar-refractivity contribution in [3.8, 4) is 16.5 Å². The van der Waals surface area contributed by atoms with Crippen LogP contribution in [-0.2, 0) is 0 Å². The van der Waals surface area contributed by atoms with Crippen LogP contribution in [-0.4, -0.2) is 6.72 Å². The number of thiophene rings is 1. The molecule has 1 heterocycles. The lowest BCUT2D eigenvalue weighted by Crippen LogP contribution is -2.10. The molecule has 0 radical (unpaired) electrons. The average Bonchev–Trinajstić information content (AvgIpc) is 3.01. The van der Waals surface area contributed by atoms with Crippen LogP contribution in [0.3, 0.4) is 0 Å². The molecule has 0 aliphatic heterocycles. The zero-order chi connectivity index (χ0) is 17.9. The molecule has 0 unspecified atom stereocenters. The van der Waals surface area contributed by atoms with E-state index in [9.17, 15) is 5.26 Å². The van der Waals surface area contributed by atoms with Gasteiger partial charge in [0.25, 0.3) is 0 Å². The van der Waals surface area contributed by atoms with Crippen LogP contribution in [0, 0.1) is 23.7 Å². The molecule has 0 amide bonds. The minimum absolute atomic E-state index is 0.617. The Morgan fingerprint density at radius 2 is 2.08 bits per heavy atom. The van der Waals surface area contributed by atoms with Crippen molar-refractivity contribution in [1.29, 1.82) is 5.26 Å². The molecule has 1 aromatic carbocycles.